The molecule has 2 aromatic rings. The monoisotopic (exact) mass is 330 g/mol. The largest absolute Gasteiger partial charge is 0.294 e. The first kappa shape index (κ1) is 16.4. The zero-order chi connectivity index (χ0) is 17.0. The molecule has 116 valence electrons. The molecule has 0 aliphatic carbocycles. The SMILES string of the molecule is O=CC(=O)c1ccc(S(=O)(=O)c2ccc(C(=O)C=O)cc2)cc1. The second-order valence-corrected chi connectivity index (χ2v) is 6.47. The van der Waals surface area contributed by atoms with Crippen LogP contribution in [0.2, 0.25) is 0 Å². The summed E-state index contributed by atoms with van der Waals surface area (Å²) in [5.74, 6) is -1.49. The summed E-state index contributed by atoms with van der Waals surface area (Å²) in [6.45, 7) is 0. The Morgan fingerprint density at radius 3 is 1.22 bits per heavy atom. The molecule has 0 saturated heterocycles. The second kappa shape index (κ2) is 6.45. The quantitative estimate of drug-likeness (QED) is 0.449. The lowest BCUT2D eigenvalue weighted by Gasteiger charge is -2.05. The molecule has 6 nitrogen and oxygen atoms in total. The van der Waals surface area contributed by atoms with Crippen molar-refractivity contribution in [2.24, 2.45) is 0 Å². The fourth-order valence-electron chi connectivity index (χ4n) is 1.87. The fraction of sp³-hybridized carbons (Fsp3) is 0. The number of hydrogen-bond acceptors (Lipinski definition) is 6. The van der Waals surface area contributed by atoms with Crippen molar-refractivity contribution in [3.63, 3.8) is 0 Å². The van der Waals surface area contributed by atoms with Crippen LogP contribution in [0.1, 0.15) is 20.7 Å². The molecule has 23 heavy (non-hydrogen) atoms. The standard InChI is InChI=1S/C16H10O6S/c17-9-15(19)11-1-5-13(6-2-11)23(21,22)14-7-3-12(4-8-14)16(20)10-18/h1-10H. The zero-order valence-electron chi connectivity index (χ0n) is 11.6. The topological polar surface area (TPSA) is 102 Å². The Hall–Kier alpha value is -2.93. The Morgan fingerprint density at radius 2 is 0.957 bits per heavy atom. The molecule has 0 atom stereocenters. The van der Waals surface area contributed by atoms with E-state index in [9.17, 15) is 27.6 Å². The minimum absolute atomic E-state index is 0.0607. The van der Waals surface area contributed by atoms with Crippen LogP contribution in [0.25, 0.3) is 0 Å². The number of ketones is 2. The maximum absolute atomic E-state index is 12.4. The Bertz CT molecular complexity index is 808. The van der Waals surface area contributed by atoms with Crippen molar-refractivity contribution in [2.45, 2.75) is 9.79 Å². The minimum atomic E-state index is -3.84. The van der Waals surface area contributed by atoms with Crippen LogP contribution in [0, 0.1) is 0 Å². The highest BCUT2D eigenvalue weighted by Crippen LogP contribution is 2.21. The van der Waals surface area contributed by atoms with Crippen molar-refractivity contribution in [1.82, 2.24) is 0 Å². The summed E-state index contributed by atoms with van der Waals surface area (Å²) in [6.07, 6.45) is 0.290. The number of Topliss-reactive ketones (excluding diaryl/α,β-unsaturated/α-hetero) is 2. The molecular formula is C16H10O6S. The Labute approximate surface area is 131 Å². The van der Waals surface area contributed by atoms with E-state index in [1.807, 2.05) is 0 Å². The van der Waals surface area contributed by atoms with E-state index in [0.29, 0.717) is 0 Å². The van der Waals surface area contributed by atoms with E-state index in [2.05, 4.69) is 0 Å². The fourth-order valence-corrected chi connectivity index (χ4v) is 3.13. The average molecular weight is 330 g/mol. The number of benzene rings is 2. The summed E-state index contributed by atoms with van der Waals surface area (Å²) in [7, 11) is -3.84. The summed E-state index contributed by atoms with van der Waals surface area (Å²) in [5.41, 5.74) is 0.178. The van der Waals surface area contributed by atoms with Gasteiger partial charge in [-0.05, 0) is 48.5 Å². The van der Waals surface area contributed by atoms with E-state index in [1.165, 1.54) is 48.5 Å². The first-order valence-corrected chi connectivity index (χ1v) is 7.82. The predicted octanol–water partition coefficient (Wildman–Crippen LogP) is 1.28. The highest BCUT2D eigenvalue weighted by molar-refractivity contribution is 7.91. The molecule has 0 spiro atoms. The van der Waals surface area contributed by atoms with Gasteiger partial charge in [0.2, 0.25) is 21.4 Å². The van der Waals surface area contributed by atoms with Crippen molar-refractivity contribution in [3.05, 3.63) is 59.7 Å². The van der Waals surface area contributed by atoms with Gasteiger partial charge in [0.05, 0.1) is 9.79 Å². The summed E-state index contributed by atoms with van der Waals surface area (Å²) in [6, 6.07) is 9.85. The maximum Gasteiger partial charge on any atom is 0.225 e. The van der Waals surface area contributed by atoms with Crippen molar-refractivity contribution >= 4 is 34.0 Å². The molecule has 0 radical (unpaired) electrons. The van der Waals surface area contributed by atoms with E-state index < -0.39 is 21.4 Å². The third-order valence-corrected chi connectivity index (χ3v) is 4.90. The number of hydrogen-bond donors (Lipinski definition) is 0. The number of rotatable bonds is 6. The highest BCUT2D eigenvalue weighted by Gasteiger charge is 2.18. The van der Waals surface area contributed by atoms with Gasteiger partial charge in [-0.15, -0.1) is 0 Å². The third kappa shape index (κ3) is 3.29. The average Bonchev–Trinajstić information content (AvgIpc) is 2.60. The van der Waals surface area contributed by atoms with Gasteiger partial charge >= 0.3 is 0 Å². The lowest BCUT2D eigenvalue weighted by molar-refractivity contribution is -0.105. The molecule has 0 N–H and O–H groups in total. The molecule has 0 bridgehead atoms. The molecule has 0 heterocycles. The van der Waals surface area contributed by atoms with Gasteiger partial charge < -0.3 is 0 Å². The summed E-state index contributed by atoms with van der Waals surface area (Å²) in [4.78, 5) is 43.1. The number of sulfone groups is 1. The van der Waals surface area contributed by atoms with Gasteiger partial charge in [0, 0.05) is 11.1 Å². The van der Waals surface area contributed by atoms with Crippen molar-refractivity contribution in [1.29, 1.82) is 0 Å². The summed E-state index contributed by atoms with van der Waals surface area (Å²) in [5, 5.41) is 0. The van der Waals surface area contributed by atoms with E-state index in [-0.39, 0.29) is 33.5 Å². The molecule has 2 rings (SSSR count). The van der Waals surface area contributed by atoms with Gasteiger partial charge in [-0.3, -0.25) is 19.2 Å². The van der Waals surface area contributed by atoms with Crippen LogP contribution < -0.4 is 0 Å². The van der Waals surface area contributed by atoms with E-state index in [1.54, 1.807) is 0 Å². The molecule has 0 saturated carbocycles. The minimum Gasteiger partial charge on any atom is -0.294 e. The molecule has 0 aliphatic heterocycles. The van der Waals surface area contributed by atoms with Crippen LogP contribution in [-0.2, 0) is 19.4 Å². The zero-order valence-corrected chi connectivity index (χ0v) is 12.4. The third-order valence-electron chi connectivity index (χ3n) is 3.11. The van der Waals surface area contributed by atoms with Gasteiger partial charge in [-0.25, -0.2) is 8.42 Å². The molecule has 2 aromatic carbocycles. The molecule has 0 amide bonds. The van der Waals surface area contributed by atoms with Crippen molar-refractivity contribution < 1.29 is 27.6 Å². The first-order chi connectivity index (χ1) is 10.9. The van der Waals surface area contributed by atoms with Gasteiger partial charge in [0.15, 0.2) is 12.6 Å². The van der Waals surface area contributed by atoms with Crippen LogP contribution in [0.4, 0.5) is 0 Å². The smallest absolute Gasteiger partial charge is 0.225 e. The lowest BCUT2D eigenvalue weighted by Crippen LogP contribution is -2.05. The molecule has 0 unspecified atom stereocenters. The van der Waals surface area contributed by atoms with Crippen LogP contribution in [0.5, 0.6) is 0 Å². The normalized spacial score (nSPS) is 10.8. The summed E-state index contributed by atoms with van der Waals surface area (Å²) < 4.78 is 24.9. The Balaban J connectivity index is 2.38. The molecule has 7 heteroatoms. The van der Waals surface area contributed by atoms with E-state index in [4.69, 9.17) is 0 Å². The molecular weight excluding hydrogens is 320 g/mol. The second-order valence-electron chi connectivity index (χ2n) is 4.52. The van der Waals surface area contributed by atoms with Gasteiger partial charge in [-0.2, -0.15) is 0 Å². The number of carbonyl (C=O) groups is 4. The molecule has 0 aliphatic rings. The number of aldehydes is 2. The number of carbonyl (C=O) groups excluding carboxylic acids is 4. The molecule has 0 aromatic heterocycles. The van der Waals surface area contributed by atoms with Crippen LogP contribution in [0.15, 0.2) is 58.3 Å². The Morgan fingerprint density at radius 1 is 0.652 bits per heavy atom. The van der Waals surface area contributed by atoms with E-state index >= 15 is 0 Å². The van der Waals surface area contributed by atoms with Gasteiger partial charge in [-0.1, -0.05) is 0 Å². The molecule has 0 fully saturated rings. The lowest BCUT2D eigenvalue weighted by atomic mass is 10.1. The van der Waals surface area contributed by atoms with Crippen molar-refractivity contribution in [3.8, 4) is 0 Å². The van der Waals surface area contributed by atoms with Crippen LogP contribution in [0.3, 0.4) is 0 Å². The maximum atomic E-state index is 12.4. The van der Waals surface area contributed by atoms with Crippen molar-refractivity contribution in [2.75, 3.05) is 0 Å². The predicted molar refractivity (Wildman–Crippen MR) is 79.1 cm³/mol. The van der Waals surface area contributed by atoms with Gasteiger partial charge in [0.1, 0.15) is 0 Å². The van der Waals surface area contributed by atoms with Crippen LogP contribution >= 0.6 is 0 Å². The van der Waals surface area contributed by atoms with Crippen LogP contribution in [-0.4, -0.2) is 32.6 Å². The Kier molecular flexibility index (Phi) is 4.61. The van der Waals surface area contributed by atoms with E-state index in [0.717, 1.165) is 0 Å². The van der Waals surface area contributed by atoms with Gasteiger partial charge in [0.25, 0.3) is 0 Å². The highest BCUT2D eigenvalue weighted by atomic mass is 32.2. The first-order valence-electron chi connectivity index (χ1n) is 6.34. The summed E-state index contributed by atoms with van der Waals surface area (Å²) >= 11 is 0.